The maximum absolute atomic E-state index is 4.75. The molecule has 1 aromatic heterocycles. The summed E-state index contributed by atoms with van der Waals surface area (Å²) in [6, 6.07) is 27.3. The van der Waals surface area contributed by atoms with Gasteiger partial charge >= 0.3 is 0 Å². The quantitative estimate of drug-likeness (QED) is 0.383. The minimum Gasteiger partial charge on any atom is -0.331 e. The minimum atomic E-state index is 0.911. The molecule has 128 valence electrons. The number of aromatic nitrogens is 1. The molecular weight excluding hydrogens is 356 g/mol. The van der Waals surface area contributed by atoms with Gasteiger partial charge in [0.2, 0.25) is 0 Å². The fourth-order valence-electron chi connectivity index (χ4n) is 2.79. The van der Waals surface area contributed by atoms with Crippen LogP contribution in [0.25, 0.3) is 22.4 Å². The SMILES string of the molecule is CSc1ccccc1Nc1nc(-c2ccc(-c3ccccc3)cc2)cs1. The summed E-state index contributed by atoms with van der Waals surface area (Å²) in [6.07, 6.45) is 2.09. The van der Waals surface area contributed by atoms with E-state index < -0.39 is 0 Å². The van der Waals surface area contributed by atoms with Crippen molar-refractivity contribution < 1.29 is 0 Å². The lowest BCUT2D eigenvalue weighted by atomic mass is 10.0. The number of hydrogen-bond donors (Lipinski definition) is 1. The van der Waals surface area contributed by atoms with Crippen molar-refractivity contribution in [2.24, 2.45) is 0 Å². The molecular formula is C22H18N2S2. The Morgan fingerprint density at radius 1 is 0.769 bits per heavy atom. The molecule has 0 unspecified atom stereocenters. The monoisotopic (exact) mass is 374 g/mol. The lowest BCUT2D eigenvalue weighted by Gasteiger charge is -2.07. The first-order valence-electron chi connectivity index (χ1n) is 8.35. The predicted molar refractivity (Wildman–Crippen MR) is 114 cm³/mol. The summed E-state index contributed by atoms with van der Waals surface area (Å²) >= 11 is 3.36. The Balaban J connectivity index is 1.54. The average molecular weight is 375 g/mol. The van der Waals surface area contributed by atoms with Crippen molar-refractivity contribution in [3.05, 3.63) is 84.2 Å². The first-order chi connectivity index (χ1) is 12.8. The smallest absolute Gasteiger partial charge is 0.187 e. The molecule has 26 heavy (non-hydrogen) atoms. The van der Waals surface area contributed by atoms with E-state index in [1.807, 2.05) is 12.1 Å². The fourth-order valence-corrected chi connectivity index (χ4v) is 4.08. The Morgan fingerprint density at radius 2 is 1.42 bits per heavy atom. The molecule has 0 aliphatic carbocycles. The summed E-state index contributed by atoms with van der Waals surface area (Å²) in [5, 5.41) is 6.45. The van der Waals surface area contributed by atoms with Crippen LogP contribution in [-0.2, 0) is 0 Å². The van der Waals surface area contributed by atoms with E-state index in [2.05, 4.69) is 83.7 Å². The molecule has 1 heterocycles. The molecule has 4 heteroatoms. The molecule has 0 aliphatic rings. The molecule has 0 radical (unpaired) electrons. The maximum atomic E-state index is 4.75. The van der Waals surface area contributed by atoms with Crippen LogP contribution in [-0.4, -0.2) is 11.2 Å². The lowest BCUT2D eigenvalue weighted by molar-refractivity contribution is 1.35. The van der Waals surface area contributed by atoms with E-state index in [1.165, 1.54) is 16.0 Å². The summed E-state index contributed by atoms with van der Waals surface area (Å²) in [7, 11) is 0. The van der Waals surface area contributed by atoms with Crippen LogP contribution in [0.4, 0.5) is 10.8 Å². The number of rotatable bonds is 5. The zero-order chi connectivity index (χ0) is 17.8. The molecule has 0 amide bonds. The molecule has 4 aromatic rings. The molecule has 3 aromatic carbocycles. The third-order valence-corrected chi connectivity index (χ3v) is 5.69. The van der Waals surface area contributed by atoms with Crippen molar-refractivity contribution in [1.82, 2.24) is 4.98 Å². The van der Waals surface area contributed by atoms with Crippen LogP contribution in [0.3, 0.4) is 0 Å². The van der Waals surface area contributed by atoms with Crippen LogP contribution in [0.1, 0.15) is 0 Å². The molecule has 0 fully saturated rings. The van der Waals surface area contributed by atoms with Crippen molar-refractivity contribution in [1.29, 1.82) is 0 Å². The summed E-state index contributed by atoms with van der Waals surface area (Å²) in [5.74, 6) is 0. The van der Waals surface area contributed by atoms with E-state index in [-0.39, 0.29) is 0 Å². The van der Waals surface area contributed by atoms with E-state index in [1.54, 1.807) is 23.1 Å². The van der Waals surface area contributed by atoms with Gasteiger partial charge in [-0.3, -0.25) is 0 Å². The highest BCUT2D eigenvalue weighted by atomic mass is 32.2. The minimum absolute atomic E-state index is 0.911. The second-order valence-corrected chi connectivity index (χ2v) is 7.51. The van der Waals surface area contributed by atoms with E-state index in [0.717, 1.165) is 22.1 Å². The molecule has 0 atom stereocenters. The van der Waals surface area contributed by atoms with E-state index in [0.29, 0.717) is 0 Å². The molecule has 1 N–H and O–H groups in total. The zero-order valence-corrected chi connectivity index (χ0v) is 16.0. The van der Waals surface area contributed by atoms with Crippen LogP contribution in [0.15, 0.2) is 89.1 Å². The molecule has 0 saturated heterocycles. The lowest BCUT2D eigenvalue weighted by Crippen LogP contribution is -1.91. The number of thioether (sulfide) groups is 1. The maximum Gasteiger partial charge on any atom is 0.187 e. The van der Waals surface area contributed by atoms with E-state index >= 15 is 0 Å². The van der Waals surface area contributed by atoms with Crippen LogP contribution < -0.4 is 5.32 Å². The number of anilines is 2. The number of benzene rings is 3. The van der Waals surface area contributed by atoms with E-state index in [4.69, 9.17) is 4.98 Å². The first kappa shape index (κ1) is 16.9. The average Bonchev–Trinajstić information content (AvgIpc) is 3.18. The number of hydrogen-bond acceptors (Lipinski definition) is 4. The van der Waals surface area contributed by atoms with Crippen molar-refractivity contribution in [2.75, 3.05) is 11.6 Å². The van der Waals surface area contributed by atoms with Gasteiger partial charge in [0.25, 0.3) is 0 Å². The van der Waals surface area contributed by atoms with Gasteiger partial charge in [0.15, 0.2) is 5.13 Å². The Morgan fingerprint density at radius 3 is 2.19 bits per heavy atom. The molecule has 0 aliphatic heterocycles. The van der Waals surface area contributed by atoms with Gasteiger partial charge in [-0.05, 0) is 29.5 Å². The van der Waals surface area contributed by atoms with Crippen molar-refractivity contribution in [2.45, 2.75) is 4.90 Å². The van der Waals surface area contributed by atoms with Crippen LogP contribution >= 0.6 is 23.1 Å². The normalized spacial score (nSPS) is 10.7. The highest BCUT2D eigenvalue weighted by Gasteiger charge is 2.07. The number of thiazole rings is 1. The first-order valence-corrected chi connectivity index (χ1v) is 10.5. The van der Waals surface area contributed by atoms with Crippen LogP contribution in [0.2, 0.25) is 0 Å². The standard InChI is InChI=1S/C22H18N2S2/c1-25-21-10-6-5-9-19(21)23-22-24-20(15-26-22)18-13-11-17(12-14-18)16-7-3-2-4-8-16/h2-15H,1H3,(H,23,24). The van der Waals surface area contributed by atoms with Crippen molar-refractivity contribution in [3.63, 3.8) is 0 Å². The largest absolute Gasteiger partial charge is 0.331 e. The molecule has 4 rings (SSSR count). The third kappa shape index (κ3) is 3.66. The van der Waals surface area contributed by atoms with Gasteiger partial charge in [-0.15, -0.1) is 23.1 Å². The summed E-state index contributed by atoms with van der Waals surface area (Å²) < 4.78 is 0. The topological polar surface area (TPSA) is 24.9 Å². The Labute approximate surface area is 162 Å². The number of nitrogens with one attached hydrogen (secondary N) is 1. The Hall–Kier alpha value is -2.56. The van der Waals surface area contributed by atoms with Gasteiger partial charge in [0.05, 0.1) is 11.4 Å². The number of para-hydroxylation sites is 1. The highest BCUT2D eigenvalue weighted by Crippen LogP contribution is 2.32. The molecule has 0 bridgehead atoms. The summed E-state index contributed by atoms with van der Waals surface area (Å²) in [5.41, 5.74) is 5.68. The zero-order valence-electron chi connectivity index (χ0n) is 14.3. The van der Waals surface area contributed by atoms with Gasteiger partial charge < -0.3 is 5.32 Å². The molecule has 0 spiro atoms. The fraction of sp³-hybridized carbons (Fsp3) is 0.0455. The molecule has 2 nitrogen and oxygen atoms in total. The van der Waals surface area contributed by atoms with Crippen LogP contribution in [0, 0.1) is 0 Å². The second kappa shape index (κ2) is 7.77. The van der Waals surface area contributed by atoms with Gasteiger partial charge in [-0.1, -0.05) is 66.7 Å². The van der Waals surface area contributed by atoms with Gasteiger partial charge in [0.1, 0.15) is 0 Å². The van der Waals surface area contributed by atoms with Crippen LogP contribution in [0.5, 0.6) is 0 Å². The van der Waals surface area contributed by atoms with Gasteiger partial charge in [-0.25, -0.2) is 4.98 Å². The number of nitrogens with zero attached hydrogens (tertiary/aromatic N) is 1. The Bertz CT molecular complexity index is 992. The van der Waals surface area contributed by atoms with Gasteiger partial charge in [-0.2, -0.15) is 0 Å². The van der Waals surface area contributed by atoms with Gasteiger partial charge in [0, 0.05) is 15.8 Å². The van der Waals surface area contributed by atoms with Crippen molar-refractivity contribution >= 4 is 33.9 Å². The van der Waals surface area contributed by atoms with Crippen molar-refractivity contribution in [3.8, 4) is 22.4 Å². The predicted octanol–water partition coefficient (Wildman–Crippen LogP) is 6.94. The van der Waals surface area contributed by atoms with E-state index in [9.17, 15) is 0 Å². The third-order valence-electron chi connectivity index (χ3n) is 4.14. The second-order valence-electron chi connectivity index (χ2n) is 5.81. The Kier molecular flexibility index (Phi) is 5.04. The summed E-state index contributed by atoms with van der Waals surface area (Å²) in [6.45, 7) is 0. The summed E-state index contributed by atoms with van der Waals surface area (Å²) in [4.78, 5) is 5.97. The highest BCUT2D eigenvalue weighted by molar-refractivity contribution is 7.98. The molecule has 0 saturated carbocycles.